The monoisotopic (exact) mass is 397 g/mol. The maximum atomic E-state index is 13.3. The SMILES string of the molecule is C[C@@H](NC(=O)COC(=O)c1cc2cc(F)ccc2s1)c1cc2ccccc2o1. The fourth-order valence-corrected chi connectivity index (χ4v) is 3.82. The lowest BCUT2D eigenvalue weighted by Crippen LogP contribution is -2.30. The van der Waals surface area contributed by atoms with Crippen molar-refractivity contribution in [3.8, 4) is 0 Å². The van der Waals surface area contributed by atoms with Crippen molar-refractivity contribution < 1.29 is 23.1 Å². The summed E-state index contributed by atoms with van der Waals surface area (Å²) in [5.74, 6) is -0.807. The highest BCUT2D eigenvalue weighted by atomic mass is 32.1. The number of fused-ring (bicyclic) bond motifs is 2. The van der Waals surface area contributed by atoms with Crippen LogP contribution in [0.3, 0.4) is 0 Å². The van der Waals surface area contributed by atoms with Crippen LogP contribution >= 0.6 is 11.3 Å². The molecular formula is C21H16FNO4S. The molecule has 0 fully saturated rings. The van der Waals surface area contributed by atoms with Gasteiger partial charge in [0.25, 0.3) is 5.91 Å². The quantitative estimate of drug-likeness (QED) is 0.490. The van der Waals surface area contributed by atoms with Crippen LogP contribution in [0.2, 0.25) is 0 Å². The molecule has 1 atom stereocenters. The minimum atomic E-state index is -0.617. The second-order valence-corrected chi connectivity index (χ2v) is 7.43. The van der Waals surface area contributed by atoms with Crippen molar-refractivity contribution in [1.82, 2.24) is 5.32 Å². The Kier molecular flexibility index (Phi) is 4.83. The maximum absolute atomic E-state index is 13.3. The first kappa shape index (κ1) is 18.2. The van der Waals surface area contributed by atoms with E-state index in [-0.39, 0.29) is 11.9 Å². The minimum Gasteiger partial charge on any atom is -0.459 e. The lowest BCUT2D eigenvalue weighted by Gasteiger charge is -2.11. The molecule has 1 N–H and O–H groups in total. The van der Waals surface area contributed by atoms with Gasteiger partial charge in [-0.25, -0.2) is 9.18 Å². The molecule has 142 valence electrons. The molecule has 0 radical (unpaired) electrons. The van der Waals surface area contributed by atoms with Crippen molar-refractivity contribution in [3.63, 3.8) is 0 Å². The smallest absolute Gasteiger partial charge is 0.348 e. The van der Waals surface area contributed by atoms with E-state index in [2.05, 4.69) is 5.32 Å². The molecule has 0 saturated carbocycles. The van der Waals surface area contributed by atoms with Gasteiger partial charge < -0.3 is 14.5 Å². The number of halogens is 1. The number of hydrogen-bond donors (Lipinski definition) is 1. The lowest BCUT2D eigenvalue weighted by molar-refractivity contribution is -0.125. The number of ether oxygens (including phenoxy) is 1. The maximum Gasteiger partial charge on any atom is 0.348 e. The van der Waals surface area contributed by atoms with Crippen LogP contribution in [0.1, 0.15) is 28.4 Å². The van der Waals surface area contributed by atoms with Crippen molar-refractivity contribution in [2.24, 2.45) is 0 Å². The number of para-hydroxylation sites is 1. The van der Waals surface area contributed by atoms with Crippen LogP contribution in [-0.2, 0) is 9.53 Å². The van der Waals surface area contributed by atoms with Gasteiger partial charge in [0.15, 0.2) is 6.61 Å². The fraction of sp³-hybridized carbons (Fsp3) is 0.143. The average molecular weight is 397 g/mol. The zero-order chi connectivity index (χ0) is 19.7. The molecule has 28 heavy (non-hydrogen) atoms. The number of nitrogens with one attached hydrogen (secondary N) is 1. The molecule has 5 nitrogen and oxygen atoms in total. The highest BCUT2D eigenvalue weighted by Crippen LogP contribution is 2.27. The molecule has 2 heterocycles. The molecule has 1 amide bonds. The van der Waals surface area contributed by atoms with E-state index in [1.807, 2.05) is 30.3 Å². The first-order valence-electron chi connectivity index (χ1n) is 8.63. The van der Waals surface area contributed by atoms with Crippen LogP contribution in [-0.4, -0.2) is 18.5 Å². The number of furan rings is 1. The molecule has 0 aliphatic rings. The Balaban J connectivity index is 1.35. The van der Waals surface area contributed by atoms with E-state index in [0.29, 0.717) is 16.0 Å². The first-order chi connectivity index (χ1) is 13.5. The van der Waals surface area contributed by atoms with Gasteiger partial charge in [0.05, 0.1) is 6.04 Å². The third-order valence-corrected chi connectivity index (χ3v) is 5.36. The first-order valence-corrected chi connectivity index (χ1v) is 9.45. The molecular weight excluding hydrogens is 381 g/mol. The third kappa shape index (κ3) is 3.75. The van der Waals surface area contributed by atoms with Crippen LogP contribution in [0.15, 0.2) is 59.0 Å². The number of hydrogen-bond acceptors (Lipinski definition) is 5. The molecule has 2 aromatic heterocycles. The van der Waals surface area contributed by atoms with Gasteiger partial charge in [-0.05, 0) is 48.7 Å². The number of carbonyl (C=O) groups excluding carboxylic acids is 2. The van der Waals surface area contributed by atoms with Crippen molar-refractivity contribution in [2.75, 3.05) is 6.61 Å². The number of esters is 1. The Labute approximate surface area is 163 Å². The normalized spacial score (nSPS) is 12.2. The Bertz CT molecular complexity index is 1150. The summed E-state index contributed by atoms with van der Waals surface area (Å²) in [6.45, 7) is 1.38. The van der Waals surface area contributed by atoms with Crippen LogP contribution < -0.4 is 5.32 Å². The zero-order valence-corrected chi connectivity index (χ0v) is 15.7. The highest BCUT2D eigenvalue weighted by molar-refractivity contribution is 7.20. The summed E-state index contributed by atoms with van der Waals surface area (Å²) in [5, 5.41) is 4.32. The summed E-state index contributed by atoms with van der Waals surface area (Å²) in [7, 11) is 0. The number of benzene rings is 2. The summed E-state index contributed by atoms with van der Waals surface area (Å²) < 4.78 is 24.8. The third-order valence-electron chi connectivity index (χ3n) is 4.26. The highest BCUT2D eigenvalue weighted by Gasteiger charge is 2.17. The van der Waals surface area contributed by atoms with Gasteiger partial charge in [-0.3, -0.25) is 4.79 Å². The summed E-state index contributed by atoms with van der Waals surface area (Å²) in [4.78, 5) is 24.6. The van der Waals surface area contributed by atoms with E-state index in [1.165, 1.54) is 23.5 Å². The van der Waals surface area contributed by atoms with Gasteiger partial charge in [0, 0.05) is 10.1 Å². The molecule has 0 aliphatic heterocycles. The topological polar surface area (TPSA) is 68.5 Å². The molecule has 0 unspecified atom stereocenters. The van der Waals surface area contributed by atoms with Crippen molar-refractivity contribution >= 4 is 44.3 Å². The number of thiophene rings is 1. The van der Waals surface area contributed by atoms with E-state index in [9.17, 15) is 14.0 Å². The molecule has 7 heteroatoms. The Morgan fingerprint density at radius 1 is 1.14 bits per heavy atom. The molecule has 0 saturated heterocycles. The number of rotatable bonds is 5. The fourth-order valence-electron chi connectivity index (χ4n) is 2.89. The van der Waals surface area contributed by atoms with Gasteiger partial charge in [-0.15, -0.1) is 11.3 Å². The molecule has 4 aromatic rings. The number of amides is 1. The second kappa shape index (κ2) is 7.44. The predicted octanol–water partition coefficient (Wildman–Crippen LogP) is 4.82. The Hall–Kier alpha value is -3.19. The van der Waals surface area contributed by atoms with Crippen LogP contribution in [0, 0.1) is 5.82 Å². The van der Waals surface area contributed by atoms with E-state index < -0.39 is 18.5 Å². The Morgan fingerprint density at radius 2 is 1.96 bits per heavy atom. The van der Waals surface area contributed by atoms with Crippen molar-refractivity contribution in [3.05, 3.63) is 71.1 Å². The van der Waals surface area contributed by atoms with Crippen LogP contribution in [0.25, 0.3) is 21.1 Å². The van der Waals surface area contributed by atoms with Crippen molar-refractivity contribution in [1.29, 1.82) is 0 Å². The summed E-state index contributed by atoms with van der Waals surface area (Å²) >= 11 is 1.19. The average Bonchev–Trinajstić information content (AvgIpc) is 3.29. The van der Waals surface area contributed by atoms with E-state index in [0.717, 1.165) is 15.7 Å². The standard InChI is InChI=1S/C21H16FNO4S/c1-12(17-9-13-4-2-3-5-16(13)27-17)23-20(24)11-26-21(25)19-10-14-8-15(22)6-7-18(14)28-19/h2-10,12H,11H2,1H3,(H,23,24)/t12-/m1/s1. The van der Waals surface area contributed by atoms with Gasteiger partial charge in [-0.1, -0.05) is 18.2 Å². The summed E-state index contributed by atoms with van der Waals surface area (Å²) in [5.41, 5.74) is 0.742. The molecule has 2 aromatic carbocycles. The lowest BCUT2D eigenvalue weighted by atomic mass is 10.2. The summed E-state index contributed by atoms with van der Waals surface area (Å²) in [6.07, 6.45) is 0. The van der Waals surface area contributed by atoms with Gasteiger partial charge in [-0.2, -0.15) is 0 Å². The minimum absolute atomic E-state index is 0.318. The van der Waals surface area contributed by atoms with Gasteiger partial charge in [0.2, 0.25) is 0 Å². The van der Waals surface area contributed by atoms with E-state index >= 15 is 0 Å². The van der Waals surface area contributed by atoms with Gasteiger partial charge in [0.1, 0.15) is 22.0 Å². The van der Waals surface area contributed by atoms with Crippen LogP contribution in [0.4, 0.5) is 4.39 Å². The molecule has 0 spiro atoms. The summed E-state index contributed by atoms with van der Waals surface area (Å²) in [6, 6.07) is 14.9. The predicted molar refractivity (Wildman–Crippen MR) is 105 cm³/mol. The molecule has 4 rings (SSSR count). The number of carbonyl (C=O) groups is 2. The van der Waals surface area contributed by atoms with E-state index in [1.54, 1.807) is 19.1 Å². The molecule has 0 bridgehead atoms. The Morgan fingerprint density at radius 3 is 2.79 bits per heavy atom. The largest absolute Gasteiger partial charge is 0.459 e. The van der Waals surface area contributed by atoms with E-state index in [4.69, 9.17) is 9.15 Å². The van der Waals surface area contributed by atoms with Crippen LogP contribution in [0.5, 0.6) is 0 Å². The zero-order valence-electron chi connectivity index (χ0n) is 14.9. The van der Waals surface area contributed by atoms with Crippen molar-refractivity contribution in [2.45, 2.75) is 13.0 Å². The second-order valence-electron chi connectivity index (χ2n) is 6.34. The van der Waals surface area contributed by atoms with Gasteiger partial charge >= 0.3 is 5.97 Å². The molecule has 0 aliphatic carbocycles.